The molecule has 2 aliphatic rings. The SMILES string of the molecule is COc1ccc([C@@]23CC[C@@H](NC(=O)Nc4cc(Cl)nc(Cl)c4)C[C@@H]2N(Cc2ccccc2)CC3)cc1OC. The smallest absolute Gasteiger partial charge is 0.319 e. The molecular weight excluding hydrogens is 523 g/mol. The van der Waals surface area contributed by atoms with Crippen molar-refractivity contribution in [2.24, 2.45) is 0 Å². The second kappa shape index (κ2) is 11.4. The maximum atomic E-state index is 12.9. The summed E-state index contributed by atoms with van der Waals surface area (Å²) in [7, 11) is 3.33. The number of hydrogen-bond acceptors (Lipinski definition) is 5. The number of carbonyl (C=O) groups is 1. The van der Waals surface area contributed by atoms with Crippen LogP contribution in [-0.2, 0) is 12.0 Å². The van der Waals surface area contributed by atoms with Crippen LogP contribution in [0.25, 0.3) is 0 Å². The highest BCUT2D eigenvalue weighted by Crippen LogP contribution is 2.50. The van der Waals surface area contributed by atoms with Crippen molar-refractivity contribution in [3.05, 3.63) is 82.1 Å². The quantitative estimate of drug-likeness (QED) is 0.335. The second-order valence-electron chi connectivity index (χ2n) is 10.0. The molecule has 0 spiro atoms. The number of anilines is 1. The van der Waals surface area contributed by atoms with E-state index >= 15 is 0 Å². The monoisotopic (exact) mass is 554 g/mol. The summed E-state index contributed by atoms with van der Waals surface area (Å²) in [5, 5.41) is 6.49. The molecule has 1 aromatic heterocycles. The third-order valence-corrected chi connectivity index (χ3v) is 8.30. The molecule has 2 amide bonds. The number of pyridine rings is 1. The molecule has 3 atom stereocenters. The Bertz CT molecular complexity index is 1270. The summed E-state index contributed by atoms with van der Waals surface area (Å²) in [5.74, 6) is 1.47. The number of rotatable bonds is 7. The fourth-order valence-electron chi connectivity index (χ4n) is 6.16. The first kappa shape index (κ1) is 26.6. The van der Waals surface area contributed by atoms with Crippen LogP contribution in [0.4, 0.5) is 10.5 Å². The van der Waals surface area contributed by atoms with Crippen LogP contribution in [0.3, 0.4) is 0 Å². The van der Waals surface area contributed by atoms with Crippen molar-refractivity contribution in [3.8, 4) is 11.5 Å². The molecule has 1 saturated carbocycles. The van der Waals surface area contributed by atoms with E-state index in [-0.39, 0.29) is 33.8 Å². The third-order valence-electron chi connectivity index (χ3n) is 7.91. The zero-order valence-corrected chi connectivity index (χ0v) is 23.1. The van der Waals surface area contributed by atoms with Gasteiger partial charge in [0.05, 0.1) is 14.2 Å². The standard InChI is InChI=1S/C29H32Cl2N4O3/c1-37-23-9-8-20(14-24(23)38-2)29-11-10-21(32-28(36)33-22-16-26(30)34-27(31)17-22)15-25(29)35(13-12-29)18-19-6-4-3-5-7-19/h3-9,14,16-17,21,25H,10-13,15,18H2,1-2H3,(H2,32,33,34,36)/t21-,25+,29+/m1/s1. The molecule has 1 aliphatic carbocycles. The molecule has 5 rings (SSSR count). The van der Waals surface area contributed by atoms with E-state index in [1.807, 2.05) is 12.1 Å². The molecule has 1 aliphatic heterocycles. The van der Waals surface area contributed by atoms with Gasteiger partial charge < -0.3 is 20.1 Å². The number of ether oxygens (including phenoxy) is 2. The number of amides is 2. The molecule has 7 nitrogen and oxygen atoms in total. The molecule has 0 radical (unpaired) electrons. The molecule has 3 aromatic rings. The number of hydrogen-bond donors (Lipinski definition) is 2. The molecule has 2 N–H and O–H groups in total. The van der Waals surface area contributed by atoms with Crippen molar-refractivity contribution < 1.29 is 14.3 Å². The average Bonchev–Trinajstić information content (AvgIpc) is 3.26. The first-order chi connectivity index (χ1) is 18.4. The minimum absolute atomic E-state index is 0.0254. The lowest BCUT2D eigenvalue weighted by Gasteiger charge is -2.45. The number of benzene rings is 2. The van der Waals surface area contributed by atoms with Crippen LogP contribution in [0.5, 0.6) is 11.5 Å². The third kappa shape index (κ3) is 5.55. The second-order valence-corrected chi connectivity index (χ2v) is 10.8. The summed E-state index contributed by atoms with van der Waals surface area (Å²) in [4.78, 5) is 19.4. The van der Waals surface area contributed by atoms with Crippen LogP contribution >= 0.6 is 23.2 Å². The Morgan fingerprint density at radius 3 is 2.47 bits per heavy atom. The number of nitrogens with one attached hydrogen (secondary N) is 2. The van der Waals surface area contributed by atoms with E-state index in [0.29, 0.717) is 5.69 Å². The number of fused-ring (bicyclic) bond motifs is 1. The highest BCUT2D eigenvalue weighted by atomic mass is 35.5. The number of urea groups is 1. The van der Waals surface area contributed by atoms with Gasteiger partial charge in [-0.05, 0) is 67.6 Å². The normalized spacial score (nSPS) is 22.9. The van der Waals surface area contributed by atoms with Crippen molar-refractivity contribution >= 4 is 34.9 Å². The highest BCUT2D eigenvalue weighted by molar-refractivity contribution is 6.32. The van der Waals surface area contributed by atoms with Crippen molar-refractivity contribution in [2.45, 2.75) is 49.7 Å². The minimum Gasteiger partial charge on any atom is -0.493 e. The van der Waals surface area contributed by atoms with E-state index in [2.05, 4.69) is 56.9 Å². The number of likely N-dealkylation sites (tertiary alicyclic amines) is 1. The Labute approximate surface area is 233 Å². The van der Waals surface area contributed by atoms with E-state index in [1.165, 1.54) is 11.1 Å². The Balaban J connectivity index is 1.38. The van der Waals surface area contributed by atoms with Gasteiger partial charge in [0.15, 0.2) is 11.5 Å². The molecule has 0 bridgehead atoms. The summed E-state index contributed by atoms with van der Waals surface area (Å²) < 4.78 is 11.2. The highest BCUT2D eigenvalue weighted by Gasteiger charge is 2.51. The lowest BCUT2D eigenvalue weighted by Crippen LogP contribution is -2.52. The average molecular weight is 556 g/mol. The Morgan fingerprint density at radius 2 is 1.76 bits per heavy atom. The van der Waals surface area contributed by atoms with Gasteiger partial charge >= 0.3 is 6.03 Å². The van der Waals surface area contributed by atoms with E-state index in [0.717, 1.165) is 50.3 Å². The van der Waals surface area contributed by atoms with E-state index in [1.54, 1.807) is 26.4 Å². The molecule has 2 fully saturated rings. The first-order valence-corrected chi connectivity index (χ1v) is 13.6. The number of aromatic nitrogens is 1. The van der Waals surface area contributed by atoms with Crippen molar-refractivity contribution in [3.63, 3.8) is 0 Å². The molecule has 1 saturated heterocycles. The van der Waals surface area contributed by atoms with Gasteiger partial charge in [-0.15, -0.1) is 0 Å². The van der Waals surface area contributed by atoms with Crippen molar-refractivity contribution in [1.29, 1.82) is 0 Å². The predicted octanol–water partition coefficient (Wildman–Crippen LogP) is 6.29. The summed E-state index contributed by atoms with van der Waals surface area (Å²) in [6, 6.07) is 20.0. The molecule has 0 unspecified atom stereocenters. The van der Waals surface area contributed by atoms with Crippen LogP contribution in [0.15, 0.2) is 60.7 Å². The van der Waals surface area contributed by atoms with Gasteiger partial charge in [-0.2, -0.15) is 0 Å². The fraction of sp³-hybridized carbons (Fsp3) is 0.379. The van der Waals surface area contributed by atoms with Gasteiger partial charge in [0, 0.05) is 29.7 Å². The van der Waals surface area contributed by atoms with Gasteiger partial charge in [0.2, 0.25) is 0 Å². The lowest BCUT2D eigenvalue weighted by molar-refractivity contribution is 0.131. The van der Waals surface area contributed by atoms with Crippen molar-refractivity contribution in [2.75, 3.05) is 26.1 Å². The van der Waals surface area contributed by atoms with Crippen LogP contribution in [-0.4, -0.2) is 48.8 Å². The minimum atomic E-state index is -0.278. The van der Waals surface area contributed by atoms with Crippen LogP contribution in [0, 0.1) is 0 Å². The molecule has 200 valence electrons. The largest absolute Gasteiger partial charge is 0.493 e. The van der Waals surface area contributed by atoms with Gasteiger partial charge in [0.1, 0.15) is 10.3 Å². The van der Waals surface area contributed by atoms with Gasteiger partial charge in [-0.3, -0.25) is 4.90 Å². The molecule has 38 heavy (non-hydrogen) atoms. The summed E-state index contributed by atoms with van der Waals surface area (Å²) in [5.41, 5.74) is 3.03. The predicted molar refractivity (Wildman–Crippen MR) is 151 cm³/mol. The molecule has 2 heterocycles. The number of carbonyl (C=O) groups excluding carboxylic acids is 1. The van der Waals surface area contributed by atoms with Crippen molar-refractivity contribution in [1.82, 2.24) is 15.2 Å². The van der Waals surface area contributed by atoms with Gasteiger partial charge in [-0.25, -0.2) is 9.78 Å². The number of methoxy groups -OCH3 is 2. The zero-order chi connectivity index (χ0) is 26.7. The zero-order valence-electron chi connectivity index (χ0n) is 21.5. The van der Waals surface area contributed by atoms with Crippen LogP contribution in [0.1, 0.15) is 36.8 Å². The Kier molecular flexibility index (Phi) is 7.98. The van der Waals surface area contributed by atoms with Crippen LogP contribution in [0.2, 0.25) is 10.3 Å². The Hall–Kier alpha value is -3.00. The first-order valence-electron chi connectivity index (χ1n) is 12.8. The van der Waals surface area contributed by atoms with Gasteiger partial charge in [-0.1, -0.05) is 59.6 Å². The van der Waals surface area contributed by atoms with E-state index in [9.17, 15) is 4.79 Å². The molecular formula is C29H32Cl2N4O3. The van der Waals surface area contributed by atoms with E-state index < -0.39 is 0 Å². The molecule has 9 heteroatoms. The fourth-order valence-corrected chi connectivity index (χ4v) is 6.62. The Morgan fingerprint density at radius 1 is 1.03 bits per heavy atom. The summed E-state index contributed by atoms with van der Waals surface area (Å²) >= 11 is 12.0. The number of halogens is 2. The van der Waals surface area contributed by atoms with E-state index in [4.69, 9.17) is 32.7 Å². The number of nitrogens with zero attached hydrogens (tertiary/aromatic N) is 2. The summed E-state index contributed by atoms with van der Waals surface area (Å²) in [6.07, 6.45) is 3.71. The molecule has 2 aromatic carbocycles. The maximum Gasteiger partial charge on any atom is 0.319 e. The maximum absolute atomic E-state index is 12.9. The topological polar surface area (TPSA) is 75.7 Å². The lowest BCUT2D eigenvalue weighted by atomic mass is 9.65. The summed E-state index contributed by atoms with van der Waals surface area (Å²) in [6.45, 7) is 1.86. The van der Waals surface area contributed by atoms with Crippen LogP contribution < -0.4 is 20.1 Å². The van der Waals surface area contributed by atoms with Gasteiger partial charge in [0.25, 0.3) is 0 Å².